The van der Waals surface area contributed by atoms with E-state index < -0.39 is 16.1 Å². The molecule has 0 fully saturated rings. The van der Waals surface area contributed by atoms with E-state index >= 15 is 0 Å². The third-order valence-electron chi connectivity index (χ3n) is 3.36. The Bertz CT molecular complexity index is 813. The zero-order valence-electron chi connectivity index (χ0n) is 13.4. The van der Waals surface area contributed by atoms with Gasteiger partial charge >= 0.3 is 16.1 Å². The summed E-state index contributed by atoms with van der Waals surface area (Å²) in [5, 5.41) is 0. The van der Waals surface area contributed by atoms with Crippen molar-refractivity contribution in [1.29, 1.82) is 0 Å². The number of ether oxygens (including phenoxy) is 1. The summed E-state index contributed by atoms with van der Waals surface area (Å²) in [6.07, 6.45) is 0. The first kappa shape index (κ1) is 17.0. The second-order valence-corrected chi connectivity index (χ2v) is 6.83. The van der Waals surface area contributed by atoms with Gasteiger partial charge in [-0.3, -0.25) is 0 Å². The first-order valence-corrected chi connectivity index (χ1v) is 8.36. The van der Waals surface area contributed by atoms with Gasteiger partial charge in [-0.15, -0.1) is 0 Å². The van der Waals surface area contributed by atoms with E-state index in [0.29, 0.717) is 5.75 Å². The molecule has 6 heteroatoms. The molecule has 2 rings (SSSR count). The van der Waals surface area contributed by atoms with Crippen LogP contribution in [0, 0.1) is 20.8 Å². The van der Waals surface area contributed by atoms with Gasteiger partial charge in [-0.2, -0.15) is 8.42 Å². The normalized spacial score (nSPS) is 11.1. The largest absolute Gasteiger partial charge is 0.465 e. The summed E-state index contributed by atoms with van der Waals surface area (Å²) in [6, 6.07) is 9.13. The first-order valence-electron chi connectivity index (χ1n) is 6.95. The number of esters is 1. The van der Waals surface area contributed by atoms with Crippen LogP contribution in [-0.2, 0) is 14.9 Å². The zero-order chi connectivity index (χ0) is 17.2. The minimum absolute atomic E-state index is 0.0236. The smallest absolute Gasteiger partial charge is 0.339 e. The van der Waals surface area contributed by atoms with E-state index in [0.717, 1.165) is 16.7 Å². The van der Waals surface area contributed by atoms with Crippen LogP contribution in [0.2, 0.25) is 0 Å². The van der Waals surface area contributed by atoms with Gasteiger partial charge in [-0.25, -0.2) is 4.79 Å². The molecule has 0 aliphatic heterocycles. The Kier molecular flexibility index (Phi) is 4.75. The van der Waals surface area contributed by atoms with Crippen molar-refractivity contribution in [2.75, 3.05) is 7.11 Å². The summed E-state index contributed by atoms with van der Waals surface area (Å²) < 4.78 is 34.7. The molecular formula is C17H18O5S. The molecule has 122 valence electrons. The average molecular weight is 334 g/mol. The van der Waals surface area contributed by atoms with Crippen molar-refractivity contribution in [2.45, 2.75) is 25.7 Å². The molecule has 0 N–H and O–H groups in total. The Morgan fingerprint density at radius 1 is 0.957 bits per heavy atom. The summed E-state index contributed by atoms with van der Waals surface area (Å²) in [5.74, 6) is -0.201. The standard InChI is InChI=1S/C17H18O5S/c1-11-9-12(2)16(13(3)10-11)22-23(19,20)15-7-5-14(6-8-15)17(18)21-4/h5-10H,1-4H3. The first-order chi connectivity index (χ1) is 10.7. The van der Waals surface area contributed by atoms with E-state index in [-0.39, 0.29) is 10.5 Å². The molecule has 23 heavy (non-hydrogen) atoms. The highest BCUT2D eigenvalue weighted by Crippen LogP contribution is 2.28. The average Bonchev–Trinajstić information content (AvgIpc) is 2.50. The molecule has 0 atom stereocenters. The molecule has 5 nitrogen and oxygen atoms in total. The Labute approximate surface area is 136 Å². The molecular weight excluding hydrogens is 316 g/mol. The number of benzene rings is 2. The Morgan fingerprint density at radius 3 is 1.96 bits per heavy atom. The summed E-state index contributed by atoms with van der Waals surface area (Å²) >= 11 is 0. The third-order valence-corrected chi connectivity index (χ3v) is 4.60. The number of carbonyl (C=O) groups is 1. The number of hydrogen-bond donors (Lipinski definition) is 0. The van der Waals surface area contributed by atoms with E-state index in [2.05, 4.69) is 4.74 Å². The molecule has 2 aromatic rings. The van der Waals surface area contributed by atoms with Crippen molar-refractivity contribution in [3.8, 4) is 5.75 Å². The second-order valence-electron chi connectivity index (χ2n) is 5.28. The maximum absolute atomic E-state index is 12.4. The lowest BCUT2D eigenvalue weighted by Gasteiger charge is -2.13. The van der Waals surface area contributed by atoms with Crippen molar-refractivity contribution >= 4 is 16.1 Å². The third kappa shape index (κ3) is 3.71. The van der Waals surface area contributed by atoms with Crippen LogP contribution in [-0.4, -0.2) is 21.5 Å². The molecule has 0 unspecified atom stereocenters. The fourth-order valence-electron chi connectivity index (χ4n) is 2.33. The highest BCUT2D eigenvalue weighted by molar-refractivity contribution is 7.87. The predicted molar refractivity (Wildman–Crippen MR) is 86.2 cm³/mol. The van der Waals surface area contributed by atoms with Gasteiger partial charge in [-0.05, 0) is 56.2 Å². The van der Waals surface area contributed by atoms with E-state index in [1.165, 1.54) is 31.4 Å². The van der Waals surface area contributed by atoms with Gasteiger partial charge in [0.15, 0.2) is 0 Å². The molecule has 0 saturated carbocycles. The number of aryl methyl sites for hydroxylation is 3. The number of hydrogen-bond acceptors (Lipinski definition) is 5. The van der Waals surface area contributed by atoms with E-state index in [1.807, 2.05) is 19.1 Å². The van der Waals surface area contributed by atoms with Crippen molar-refractivity contribution in [3.63, 3.8) is 0 Å². The minimum Gasteiger partial charge on any atom is -0.465 e. The fourth-order valence-corrected chi connectivity index (χ4v) is 3.38. The summed E-state index contributed by atoms with van der Waals surface area (Å²) in [6.45, 7) is 5.53. The van der Waals surface area contributed by atoms with E-state index in [1.54, 1.807) is 13.8 Å². The zero-order valence-corrected chi connectivity index (χ0v) is 14.2. The number of methoxy groups -OCH3 is 1. The molecule has 0 heterocycles. The minimum atomic E-state index is -3.97. The number of carbonyl (C=O) groups excluding carboxylic acids is 1. The lowest BCUT2D eigenvalue weighted by atomic mass is 10.1. The molecule has 0 aliphatic rings. The van der Waals surface area contributed by atoms with E-state index in [9.17, 15) is 13.2 Å². The van der Waals surface area contributed by atoms with Crippen LogP contribution in [0.3, 0.4) is 0 Å². The fraction of sp³-hybridized carbons (Fsp3) is 0.235. The van der Waals surface area contributed by atoms with Crippen molar-refractivity contribution in [1.82, 2.24) is 0 Å². The van der Waals surface area contributed by atoms with Crippen molar-refractivity contribution < 1.29 is 22.1 Å². The lowest BCUT2D eigenvalue weighted by molar-refractivity contribution is 0.0600. The highest BCUT2D eigenvalue weighted by atomic mass is 32.2. The highest BCUT2D eigenvalue weighted by Gasteiger charge is 2.20. The summed E-state index contributed by atoms with van der Waals surface area (Å²) in [4.78, 5) is 11.4. The van der Waals surface area contributed by atoms with Gasteiger partial charge in [-0.1, -0.05) is 17.7 Å². The van der Waals surface area contributed by atoms with Gasteiger partial charge in [0.25, 0.3) is 0 Å². The van der Waals surface area contributed by atoms with Gasteiger partial charge in [0, 0.05) is 0 Å². The molecule has 0 bridgehead atoms. The maximum Gasteiger partial charge on any atom is 0.339 e. The predicted octanol–water partition coefficient (Wildman–Crippen LogP) is 3.17. The van der Waals surface area contributed by atoms with Gasteiger partial charge in [0.05, 0.1) is 12.7 Å². The van der Waals surface area contributed by atoms with Crippen LogP contribution in [0.4, 0.5) is 0 Å². The molecule has 0 radical (unpaired) electrons. The van der Waals surface area contributed by atoms with Gasteiger partial charge in [0.1, 0.15) is 10.6 Å². The second kappa shape index (κ2) is 6.42. The Hall–Kier alpha value is -2.34. The SMILES string of the molecule is COC(=O)c1ccc(S(=O)(=O)Oc2c(C)cc(C)cc2C)cc1. The van der Waals surface area contributed by atoms with Crippen LogP contribution in [0.5, 0.6) is 5.75 Å². The monoisotopic (exact) mass is 334 g/mol. The maximum atomic E-state index is 12.4. The Morgan fingerprint density at radius 2 is 1.48 bits per heavy atom. The number of rotatable bonds is 4. The molecule has 0 aliphatic carbocycles. The van der Waals surface area contributed by atoms with Crippen LogP contribution in [0.15, 0.2) is 41.3 Å². The quantitative estimate of drug-likeness (QED) is 0.634. The molecule has 0 spiro atoms. The van der Waals surface area contributed by atoms with Crippen LogP contribution >= 0.6 is 0 Å². The Balaban J connectivity index is 2.34. The van der Waals surface area contributed by atoms with Crippen LogP contribution in [0.25, 0.3) is 0 Å². The van der Waals surface area contributed by atoms with Crippen LogP contribution < -0.4 is 4.18 Å². The topological polar surface area (TPSA) is 69.7 Å². The summed E-state index contributed by atoms with van der Waals surface area (Å²) in [7, 11) is -2.71. The lowest BCUT2D eigenvalue weighted by Crippen LogP contribution is -2.12. The van der Waals surface area contributed by atoms with Gasteiger partial charge < -0.3 is 8.92 Å². The van der Waals surface area contributed by atoms with Crippen molar-refractivity contribution in [3.05, 3.63) is 58.7 Å². The summed E-state index contributed by atoms with van der Waals surface area (Å²) in [5.41, 5.74) is 2.80. The van der Waals surface area contributed by atoms with Gasteiger partial charge in [0.2, 0.25) is 0 Å². The van der Waals surface area contributed by atoms with Crippen molar-refractivity contribution in [2.24, 2.45) is 0 Å². The molecule has 2 aromatic carbocycles. The molecule has 0 saturated heterocycles. The molecule has 0 aromatic heterocycles. The van der Waals surface area contributed by atoms with Crippen LogP contribution in [0.1, 0.15) is 27.0 Å². The van der Waals surface area contributed by atoms with E-state index in [4.69, 9.17) is 4.18 Å². The molecule has 0 amide bonds.